The minimum Gasteiger partial charge on any atom is -0.314 e. The Labute approximate surface area is 93.9 Å². The number of nitrogens with zero attached hydrogens (tertiary/aromatic N) is 1. The van der Waals surface area contributed by atoms with Crippen LogP contribution in [-0.4, -0.2) is 30.6 Å². The van der Waals surface area contributed by atoms with E-state index in [2.05, 4.69) is 22.5 Å². The molecule has 1 atom stereocenters. The lowest BCUT2D eigenvalue weighted by molar-refractivity contribution is 0.166. The zero-order chi connectivity index (χ0) is 9.97. The van der Waals surface area contributed by atoms with Gasteiger partial charge in [0.05, 0.1) is 5.02 Å². The molecular weight excluding hydrogens is 216 g/mol. The van der Waals surface area contributed by atoms with Crippen molar-refractivity contribution in [3.05, 3.63) is 21.3 Å². The van der Waals surface area contributed by atoms with Gasteiger partial charge in [-0.05, 0) is 17.9 Å². The van der Waals surface area contributed by atoms with Crippen molar-refractivity contribution in [1.82, 2.24) is 10.2 Å². The van der Waals surface area contributed by atoms with Crippen molar-refractivity contribution >= 4 is 22.9 Å². The van der Waals surface area contributed by atoms with Crippen molar-refractivity contribution in [2.75, 3.05) is 19.6 Å². The fourth-order valence-corrected chi connectivity index (χ4v) is 2.80. The third kappa shape index (κ3) is 2.28. The van der Waals surface area contributed by atoms with Gasteiger partial charge in [0.25, 0.3) is 0 Å². The van der Waals surface area contributed by atoms with Crippen LogP contribution in [0.1, 0.15) is 12.5 Å². The number of halogens is 1. The maximum Gasteiger partial charge on any atom is 0.0557 e. The molecule has 1 aliphatic heterocycles. The van der Waals surface area contributed by atoms with E-state index in [4.69, 9.17) is 11.6 Å². The Kier molecular flexibility index (Phi) is 3.44. The third-order valence-electron chi connectivity index (χ3n) is 2.70. The lowest BCUT2D eigenvalue weighted by Gasteiger charge is -2.33. The van der Waals surface area contributed by atoms with Gasteiger partial charge in [0.2, 0.25) is 0 Å². The van der Waals surface area contributed by atoms with Gasteiger partial charge in [-0.25, -0.2) is 0 Å². The van der Waals surface area contributed by atoms with Crippen LogP contribution in [0.25, 0.3) is 0 Å². The highest BCUT2D eigenvalue weighted by Gasteiger charge is 2.18. The summed E-state index contributed by atoms with van der Waals surface area (Å²) >= 11 is 7.76. The van der Waals surface area contributed by atoms with Crippen molar-refractivity contribution in [3.63, 3.8) is 0 Å². The van der Waals surface area contributed by atoms with E-state index < -0.39 is 0 Å². The van der Waals surface area contributed by atoms with Crippen LogP contribution in [0.15, 0.2) is 10.8 Å². The van der Waals surface area contributed by atoms with Gasteiger partial charge in [-0.3, -0.25) is 4.90 Å². The smallest absolute Gasteiger partial charge is 0.0557 e. The standard InChI is InChI=1S/C10H15ClN2S/c1-8-4-12-2-3-13(8)5-9-6-14-7-10(9)11/h6-8,12H,2-5H2,1H3. The SMILES string of the molecule is CC1CNCCN1Cc1cscc1Cl. The maximum atomic E-state index is 6.07. The van der Waals surface area contributed by atoms with E-state index in [0.717, 1.165) is 31.2 Å². The molecular formula is C10H15ClN2S. The summed E-state index contributed by atoms with van der Waals surface area (Å²) in [5.41, 5.74) is 1.27. The van der Waals surface area contributed by atoms with Crippen LogP contribution >= 0.6 is 22.9 Å². The molecule has 2 heterocycles. The summed E-state index contributed by atoms with van der Waals surface area (Å²) in [5.74, 6) is 0. The first kappa shape index (κ1) is 10.4. The highest BCUT2D eigenvalue weighted by Crippen LogP contribution is 2.23. The van der Waals surface area contributed by atoms with Crippen LogP contribution < -0.4 is 5.32 Å². The van der Waals surface area contributed by atoms with Gasteiger partial charge < -0.3 is 5.32 Å². The van der Waals surface area contributed by atoms with Crippen LogP contribution in [-0.2, 0) is 6.54 Å². The Bertz CT molecular complexity index is 300. The summed E-state index contributed by atoms with van der Waals surface area (Å²) in [6.07, 6.45) is 0. The Morgan fingerprint density at radius 2 is 2.50 bits per heavy atom. The predicted molar refractivity (Wildman–Crippen MR) is 62.1 cm³/mol. The number of hydrogen-bond acceptors (Lipinski definition) is 3. The molecule has 1 aromatic heterocycles. The number of rotatable bonds is 2. The molecule has 0 bridgehead atoms. The Balaban J connectivity index is 1.99. The maximum absolute atomic E-state index is 6.07. The molecule has 0 saturated carbocycles. The molecule has 1 aromatic rings. The van der Waals surface area contributed by atoms with E-state index in [1.807, 2.05) is 5.38 Å². The van der Waals surface area contributed by atoms with Crippen molar-refractivity contribution in [1.29, 1.82) is 0 Å². The van der Waals surface area contributed by atoms with Crippen molar-refractivity contribution < 1.29 is 0 Å². The van der Waals surface area contributed by atoms with E-state index in [-0.39, 0.29) is 0 Å². The van der Waals surface area contributed by atoms with E-state index >= 15 is 0 Å². The van der Waals surface area contributed by atoms with Gasteiger partial charge in [-0.1, -0.05) is 11.6 Å². The molecule has 2 nitrogen and oxygen atoms in total. The molecule has 1 unspecified atom stereocenters. The minimum absolute atomic E-state index is 0.611. The fraction of sp³-hybridized carbons (Fsp3) is 0.600. The summed E-state index contributed by atoms with van der Waals surface area (Å²) < 4.78 is 0. The van der Waals surface area contributed by atoms with E-state index in [1.165, 1.54) is 5.56 Å². The summed E-state index contributed by atoms with van der Waals surface area (Å²) in [6, 6.07) is 0.611. The monoisotopic (exact) mass is 230 g/mol. The van der Waals surface area contributed by atoms with Crippen molar-refractivity contribution in [3.8, 4) is 0 Å². The quantitative estimate of drug-likeness (QED) is 0.838. The highest BCUT2D eigenvalue weighted by molar-refractivity contribution is 7.08. The first-order valence-electron chi connectivity index (χ1n) is 4.92. The van der Waals surface area contributed by atoms with Gasteiger partial charge in [0.1, 0.15) is 0 Å². The van der Waals surface area contributed by atoms with Crippen LogP contribution in [0, 0.1) is 0 Å². The average Bonchev–Trinajstić information content (AvgIpc) is 2.56. The Morgan fingerprint density at radius 1 is 1.64 bits per heavy atom. The number of hydrogen-bond donors (Lipinski definition) is 1. The van der Waals surface area contributed by atoms with Crippen LogP contribution in [0.4, 0.5) is 0 Å². The first-order chi connectivity index (χ1) is 6.77. The molecule has 0 aliphatic carbocycles. The molecule has 14 heavy (non-hydrogen) atoms. The molecule has 78 valence electrons. The number of nitrogens with one attached hydrogen (secondary N) is 1. The van der Waals surface area contributed by atoms with Crippen molar-refractivity contribution in [2.24, 2.45) is 0 Å². The molecule has 0 aromatic carbocycles. The molecule has 1 fully saturated rings. The van der Waals surface area contributed by atoms with Gasteiger partial charge in [0, 0.05) is 37.6 Å². The third-order valence-corrected chi connectivity index (χ3v) is 3.97. The highest BCUT2D eigenvalue weighted by atomic mass is 35.5. The topological polar surface area (TPSA) is 15.3 Å². The molecule has 0 amide bonds. The van der Waals surface area contributed by atoms with Crippen molar-refractivity contribution in [2.45, 2.75) is 19.5 Å². The van der Waals surface area contributed by atoms with Crippen LogP contribution in [0.3, 0.4) is 0 Å². The molecule has 2 rings (SSSR count). The number of thiophene rings is 1. The molecule has 1 saturated heterocycles. The van der Waals surface area contributed by atoms with Gasteiger partial charge in [-0.15, -0.1) is 0 Å². The second kappa shape index (κ2) is 4.62. The normalized spacial score (nSPS) is 24.0. The molecule has 4 heteroatoms. The van der Waals surface area contributed by atoms with E-state index in [0.29, 0.717) is 6.04 Å². The van der Waals surface area contributed by atoms with Gasteiger partial charge in [-0.2, -0.15) is 11.3 Å². The first-order valence-corrected chi connectivity index (χ1v) is 6.25. The fourth-order valence-electron chi connectivity index (χ4n) is 1.76. The van der Waals surface area contributed by atoms with E-state index in [1.54, 1.807) is 11.3 Å². The van der Waals surface area contributed by atoms with Crippen LogP contribution in [0.2, 0.25) is 5.02 Å². The van der Waals surface area contributed by atoms with Gasteiger partial charge >= 0.3 is 0 Å². The zero-order valence-corrected chi connectivity index (χ0v) is 9.87. The lowest BCUT2D eigenvalue weighted by Crippen LogP contribution is -2.49. The largest absolute Gasteiger partial charge is 0.314 e. The van der Waals surface area contributed by atoms with Crippen LogP contribution in [0.5, 0.6) is 0 Å². The summed E-state index contributed by atoms with van der Waals surface area (Å²) in [7, 11) is 0. The minimum atomic E-state index is 0.611. The number of piperazine rings is 1. The molecule has 0 spiro atoms. The second-order valence-electron chi connectivity index (χ2n) is 3.77. The molecule has 0 radical (unpaired) electrons. The molecule has 1 aliphatic rings. The molecule has 1 N–H and O–H groups in total. The summed E-state index contributed by atoms with van der Waals surface area (Å²) in [6.45, 7) is 6.54. The summed E-state index contributed by atoms with van der Waals surface area (Å²) in [4.78, 5) is 2.48. The van der Waals surface area contributed by atoms with E-state index in [9.17, 15) is 0 Å². The van der Waals surface area contributed by atoms with Gasteiger partial charge in [0.15, 0.2) is 0 Å². The predicted octanol–water partition coefficient (Wildman–Crippen LogP) is 2.20. The Hall–Kier alpha value is -0.0900. The Morgan fingerprint density at radius 3 is 3.14 bits per heavy atom. The zero-order valence-electron chi connectivity index (χ0n) is 8.29. The summed E-state index contributed by atoms with van der Waals surface area (Å²) in [5, 5.41) is 8.46. The lowest BCUT2D eigenvalue weighted by atomic mass is 10.2. The average molecular weight is 231 g/mol. The second-order valence-corrected chi connectivity index (χ2v) is 4.92.